The third-order valence-corrected chi connectivity index (χ3v) is 8.21. The minimum atomic E-state index is -3.69. The zero-order chi connectivity index (χ0) is 21.9. The fraction of sp³-hybridized carbons (Fsp3) is 0.478. The van der Waals surface area contributed by atoms with Gasteiger partial charge in [-0.1, -0.05) is 30.3 Å². The molecule has 2 aromatic rings. The first-order chi connectivity index (χ1) is 14.9. The molecule has 8 heteroatoms. The number of halogens is 1. The van der Waals surface area contributed by atoms with Crippen molar-refractivity contribution in [1.29, 1.82) is 0 Å². The first-order valence-electron chi connectivity index (χ1n) is 10.6. The van der Waals surface area contributed by atoms with E-state index < -0.39 is 10.0 Å². The quantitative estimate of drug-likeness (QED) is 0.703. The van der Waals surface area contributed by atoms with E-state index in [1.165, 1.54) is 6.07 Å². The number of hydrogen-bond acceptors (Lipinski definition) is 5. The Balaban J connectivity index is 1.54. The van der Waals surface area contributed by atoms with Crippen molar-refractivity contribution in [3.05, 3.63) is 59.9 Å². The molecule has 0 aliphatic carbocycles. The molecule has 0 atom stereocenters. The van der Waals surface area contributed by atoms with Crippen molar-refractivity contribution in [1.82, 2.24) is 9.21 Å². The average molecular weight is 449 g/mol. The second-order valence-corrected chi connectivity index (χ2v) is 10.3. The molecular formula is C23H29FN2O4S. The van der Waals surface area contributed by atoms with Gasteiger partial charge in [-0.2, -0.15) is 4.31 Å². The van der Waals surface area contributed by atoms with E-state index in [-0.39, 0.29) is 16.1 Å². The maximum atomic E-state index is 14.1. The van der Waals surface area contributed by atoms with Gasteiger partial charge in [0.15, 0.2) is 0 Å². The van der Waals surface area contributed by atoms with Crippen LogP contribution in [0.5, 0.6) is 5.75 Å². The van der Waals surface area contributed by atoms with Crippen LogP contribution in [0.3, 0.4) is 0 Å². The summed E-state index contributed by atoms with van der Waals surface area (Å²) in [5.74, 6) is 0.211. The van der Waals surface area contributed by atoms with Crippen LogP contribution < -0.4 is 4.74 Å². The van der Waals surface area contributed by atoms with Gasteiger partial charge in [0.1, 0.15) is 16.5 Å². The fourth-order valence-corrected chi connectivity index (χ4v) is 6.07. The summed E-state index contributed by atoms with van der Waals surface area (Å²) in [6.07, 6.45) is 1.56. The minimum absolute atomic E-state index is 0.189. The Kier molecular flexibility index (Phi) is 6.62. The lowest BCUT2D eigenvalue weighted by Gasteiger charge is -2.45. The fourth-order valence-electron chi connectivity index (χ4n) is 4.40. The molecule has 0 bridgehead atoms. The molecule has 4 rings (SSSR count). The number of para-hydroxylation sites is 1. The molecule has 1 spiro atoms. The number of nitrogens with zero attached hydrogens (tertiary/aromatic N) is 2. The van der Waals surface area contributed by atoms with Gasteiger partial charge >= 0.3 is 0 Å². The lowest BCUT2D eigenvalue weighted by atomic mass is 9.78. The zero-order valence-corrected chi connectivity index (χ0v) is 18.6. The number of sulfonamides is 1. The van der Waals surface area contributed by atoms with Gasteiger partial charge in [0.25, 0.3) is 0 Å². The van der Waals surface area contributed by atoms with Crippen LogP contribution in [0.4, 0.5) is 4.39 Å². The molecule has 0 amide bonds. The molecule has 1 fully saturated rings. The minimum Gasteiger partial charge on any atom is -0.492 e. The van der Waals surface area contributed by atoms with E-state index in [1.807, 2.05) is 12.1 Å². The van der Waals surface area contributed by atoms with Crippen LogP contribution in [0.25, 0.3) is 0 Å². The van der Waals surface area contributed by atoms with E-state index in [9.17, 15) is 12.8 Å². The molecule has 0 saturated carbocycles. The molecule has 0 N–H and O–H groups in total. The summed E-state index contributed by atoms with van der Waals surface area (Å²) in [7, 11) is -2.12. The van der Waals surface area contributed by atoms with Gasteiger partial charge in [0.05, 0.1) is 13.2 Å². The number of piperidine rings is 1. The molecule has 0 unspecified atom stereocenters. The number of benzene rings is 2. The summed E-state index contributed by atoms with van der Waals surface area (Å²) in [5.41, 5.74) is 0.394. The Bertz CT molecular complexity index is 1010. The van der Waals surface area contributed by atoms with Gasteiger partial charge in [0, 0.05) is 37.7 Å². The second-order valence-electron chi connectivity index (χ2n) is 8.43. The third-order valence-electron chi connectivity index (χ3n) is 6.33. The highest BCUT2D eigenvalue weighted by molar-refractivity contribution is 7.89. The number of ether oxygens (including phenoxy) is 2. The van der Waals surface area contributed by atoms with E-state index >= 15 is 0 Å². The van der Waals surface area contributed by atoms with E-state index in [1.54, 1.807) is 41.7 Å². The number of fused-ring (bicyclic) bond motifs is 1. The van der Waals surface area contributed by atoms with Crippen molar-refractivity contribution in [2.24, 2.45) is 5.41 Å². The average Bonchev–Trinajstić information content (AvgIpc) is 2.78. The Morgan fingerprint density at radius 2 is 1.81 bits per heavy atom. The van der Waals surface area contributed by atoms with Crippen LogP contribution in [0.1, 0.15) is 18.4 Å². The standard InChI is InChI=1S/C23H29FN2O4S/c1-29-15-14-26-17-23(18-30-21-8-4-5-9-22(21)31(26,27)28)10-12-25(13-11-23)16-19-6-2-3-7-20(19)24/h2-9H,10-18H2,1H3. The monoisotopic (exact) mass is 448 g/mol. The van der Waals surface area contributed by atoms with Crippen molar-refractivity contribution in [3.63, 3.8) is 0 Å². The smallest absolute Gasteiger partial charge is 0.246 e. The van der Waals surface area contributed by atoms with Crippen LogP contribution in [0, 0.1) is 11.2 Å². The molecule has 2 aromatic carbocycles. The molecule has 168 valence electrons. The summed E-state index contributed by atoms with van der Waals surface area (Å²) >= 11 is 0. The molecule has 0 radical (unpaired) electrons. The highest BCUT2D eigenvalue weighted by Gasteiger charge is 2.42. The normalized spacial score (nSPS) is 21.1. The van der Waals surface area contributed by atoms with E-state index in [4.69, 9.17) is 9.47 Å². The summed E-state index contributed by atoms with van der Waals surface area (Å²) in [5, 5.41) is 0. The summed E-state index contributed by atoms with van der Waals surface area (Å²) in [4.78, 5) is 2.43. The van der Waals surface area contributed by atoms with Gasteiger partial charge in [0.2, 0.25) is 10.0 Å². The summed E-state index contributed by atoms with van der Waals surface area (Å²) in [6, 6.07) is 13.7. The number of likely N-dealkylation sites (tertiary alicyclic amines) is 1. The van der Waals surface area contributed by atoms with Crippen LogP contribution in [0.15, 0.2) is 53.4 Å². The SMILES string of the molecule is COCCN1CC2(CCN(Cc3ccccc3F)CC2)COc2ccccc2S1(=O)=O. The molecule has 31 heavy (non-hydrogen) atoms. The van der Waals surface area contributed by atoms with Crippen molar-refractivity contribution in [2.45, 2.75) is 24.3 Å². The van der Waals surface area contributed by atoms with E-state index in [0.29, 0.717) is 44.2 Å². The van der Waals surface area contributed by atoms with Crippen molar-refractivity contribution >= 4 is 10.0 Å². The van der Waals surface area contributed by atoms with Gasteiger partial charge in [-0.05, 0) is 44.1 Å². The summed E-state index contributed by atoms with van der Waals surface area (Å²) < 4.78 is 53.6. The first-order valence-corrected chi connectivity index (χ1v) is 12.0. The van der Waals surface area contributed by atoms with Crippen molar-refractivity contribution in [3.8, 4) is 5.75 Å². The van der Waals surface area contributed by atoms with Crippen molar-refractivity contribution in [2.75, 3.05) is 46.5 Å². The van der Waals surface area contributed by atoms with Crippen LogP contribution in [-0.4, -0.2) is 64.1 Å². The lowest BCUT2D eigenvalue weighted by molar-refractivity contribution is 0.0287. The zero-order valence-electron chi connectivity index (χ0n) is 17.8. The molecule has 2 aliphatic heterocycles. The maximum Gasteiger partial charge on any atom is 0.246 e. The van der Waals surface area contributed by atoms with Crippen LogP contribution in [0.2, 0.25) is 0 Å². The number of rotatable bonds is 5. The van der Waals surface area contributed by atoms with Gasteiger partial charge in [-0.3, -0.25) is 4.90 Å². The Labute approximate surface area is 183 Å². The Morgan fingerprint density at radius 3 is 2.55 bits per heavy atom. The van der Waals surface area contributed by atoms with Crippen LogP contribution in [-0.2, 0) is 21.3 Å². The number of hydrogen-bond donors (Lipinski definition) is 0. The van der Waals surface area contributed by atoms with Crippen LogP contribution >= 0.6 is 0 Å². The van der Waals surface area contributed by atoms with Crippen molar-refractivity contribution < 1.29 is 22.3 Å². The lowest BCUT2D eigenvalue weighted by Crippen LogP contribution is -2.52. The Morgan fingerprint density at radius 1 is 1.10 bits per heavy atom. The molecule has 2 aliphatic rings. The highest BCUT2D eigenvalue weighted by Crippen LogP contribution is 2.39. The summed E-state index contributed by atoms with van der Waals surface area (Å²) in [6.45, 7) is 3.55. The molecule has 2 heterocycles. The molecule has 0 aromatic heterocycles. The number of methoxy groups -OCH3 is 1. The third kappa shape index (κ3) is 4.77. The van der Waals surface area contributed by atoms with Gasteiger partial charge in [-0.15, -0.1) is 0 Å². The predicted molar refractivity (Wildman–Crippen MR) is 116 cm³/mol. The second kappa shape index (κ2) is 9.24. The largest absolute Gasteiger partial charge is 0.492 e. The maximum absolute atomic E-state index is 14.1. The highest BCUT2D eigenvalue weighted by atomic mass is 32.2. The Hall–Kier alpha value is -2.00. The van der Waals surface area contributed by atoms with Gasteiger partial charge < -0.3 is 9.47 Å². The van der Waals surface area contributed by atoms with E-state index in [2.05, 4.69) is 4.90 Å². The van der Waals surface area contributed by atoms with E-state index in [0.717, 1.165) is 25.9 Å². The topological polar surface area (TPSA) is 59.1 Å². The van der Waals surface area contributed by atoms with Gasteiger partial charge in [-0.25, -0.2) is 12.8 Å². The molecular weight excluding hydrogens is 419 g/mol. The predicted octanol–water partition coefficient (Wildman–Crippen LogP) is 3.14. The first kappa shape index (κ1) is 22.2. The molecule has 1 saturated heterocycles. The molecule has 6 nitrogen and oxygen atoms in total.